The van der Waals surface area contributed by atoms with Gasteiger partial charge in [0.05, 0.1) is 19.1 Å². The molecule has 234 valence electrons. The van der Waals surface area contributed by atoms with E-state index in [0.717, 1.165) is 40.3 Å². The number of nitrogens with one attached hydrogen (secondary N) is 1. The zero-order valence-corrected chi connectivity index (χ0v) is 27.0. The normalized spacial score (nSPS) is 25.6. The van der Waals surface area contributed by atoms with Crippen LogP contribution in [-0.4, -0.2) is 57.1 Å². The van der Waals surface area contributed by atoms with Gasteiger partial charge >= 0.3 is 0 Å². The number of sulfonamides is 1. The molecule has 4 aliphatic carbocycles. The SMILES string of the molecule is CC[C@@H](C)NC(=O)[C@@H](C)N(Cc1cccc(OC)c1)C(=O)CN(c1ccc(C23CC4CC(CC(C4)C2)C3)cc1)S(C)(=O)=O. The lowest BCUT2D eigenvalue weighted by atomic mass is 9.48. The third-order valence-electron chi connectivity index (χ3n) is 10.1. The summed E-state index contributed by atoms with van der Waals surface area (Å²) in [5.41, 5.74) is 2.74. The van der Waals surface area contributed by atoms with Crippen molar-refractivity contribution in [3.05, 3.63) is 59.7 Å². The largest absolute Gasteiger partial charge is 0.497 e. The molecule has 0 aromatic heterocycles. The fourth-order valence-corrected chi connectivity index (χ4v) is 8.92. The first-order valence-corrected chi connectivity index (χ1v) is 17.6. The van der Waals surface area contributed by atoms with Crippen LogP contribution in [0.1, 0.15) is 76.8 Å². The molecule has 43 heavy (non-hydrogen) atoms. The van der Waals surface area contributed by atoms with Crippen LogP contribution in [0.3, 0.4) is 0 Å². The lowest BCUT2D eigenvalue weighted by Crippen LogP contribution is -2.52. The van der Waals surface area contributed by atoms with E-state index in [-0.39, 0.29) is 23.9 Å². The van der Waals surface area contributed by atoms with Crippen molar-refractivity contribution in [2.45, 2.75) is 89.8 Å². The van der Waals surface area contributed by atoms with E-state index in [1.165, 1.54) is 49.0 Å². The van der Waals surface area contributed by atoms with Crippen LogP contribution in [0.25, 0.3) is 0 Å². The van der Waals surface area contributed by atoms with Crippen molar-refractivity contribution in [2.24, 2.45) is 17.8 Å². The van der Waals surface area contributed by atoms with Gasteiger partial charge in [-0.1, -0.05) is 31.2 Å². The molecule has 0 radical (unpaired) electrons. The molecule has 8 nitrogen and oxygen atoms in total. The molecule has 0 saturated heterocycles. The van der Waals surface area contributed by atoms with Gasteiger partial charge in [0, 0.05) is 12.6 Å². The summed E-state index contributed by atoms with van der Waals surface area (Å²) in [5.74, 6) is 2.34. The Morgan fingerprint density at radius 3 is 2.14 bits per heavy atom. The van der Waals surface area contributed by atoms with E-state index < -0.39 is 28.5 Å². The molecule has 6 rings (SSSR count). The van der Waals surface area contributed by atoms with Gasteiger partial charge in [0.1, 0.15) is 18.3 Å². The zero-order valence-electron chi connectivity index (χ0n) is 26.2. The number of methoxy groups -OCH3 is 1. The van der Waals surface area contributed by atoms with Gasteiger partial charge in [-0.25, -0.2) is 8.42 Å². The fourth-order valence-electron chi connectivity index (χ4n) is 8.07. The maximum atomic E-state index is 13.9. The van der Waals surface area contributed by atoms with Crippen molar-refractivity contribution in [3.8, 4) is 5.75 Å². The summed E-state index contributed by atoms with van der Waals surface area (Å²) in [6.45, 7) is 5.31. The fraction of sp³-hybridized carbons (Fsp3) is 0.588. The van der Waals surface area contributed by atoms with Gasteiger partial charge in [-0.15, -0.1) is 0 Å². The molecule has 0 aliphatic heterocycles. The second kappa shape index (κ2) is 12.5. The second-order valence-electron chi connectivity index (χ2n) is 13.4. The van der Waals surface area contributed by atoms with Crippen LogP contribution >= 0.6 is 0 Å². The Hall–Kier alpha value is -3.07. The molecule has 9 heteroatoms. The quantitative estimate of drug-likeness (QED) is 0.354. The summed E-state index contributed by atoms with van der Waals surface area (Å²) in [4.78, 5) is 28.6. The molecular formula is C34H47N3O5S. The smallest absolute Gasteiger partial charge is 0.244 e. The number of anilines is 1. The van der Waals surface area contributed by atoms with Crippen molar-refractivity contribution in [2.75, 3.05) is 24.2 Å². The Morgan fingerprint density at radius 2 is 1.60 bits per heavy atom. The van der Waals surface area contributed by atoms with Crippen molar-refractivity contribution in [1.29, 1.82) is 0 Å². The summed E-state index contributed by atoms with van der Waals surface area (Å²) < 4.78 is 32.7. The van der Waals surface area contributed by atoms with Crippen LogP contribution in [0.15, 0.2) is 48.5 Å². The molecule has 0 spiro atoms. The number of carbonyl (C=O) groups is 2. The molecule has 4 fully saturated rings. The molecule has 4 bridgehead atoms. The summed E-state index contributed by atoms with van der Waals surface area (Å²) in [6.07, 6.45) is 9.64. The minimum absolute atomic E-state index is 0.0521. The lowest BCUT2D eigenvalue weighted by Gasteiger charge is -2.57. The summed E-state index contributed by atoms with van der Waals surface area (Å²) >= 11 is 0. The topological polar surface area (TPSA) is 96.0 Å². The molecule has 2 aromatic carbocycles. The first-order chi connectivity index (χ1) is 20.4. The third kappa shape index (κ3) is 6.87. The number of ether oxygens (including phenoxy) is 1. The maximum Gasteiger partial charge on any atom is 0.244 e. The standard InChI is InChI=1S/C34H47N3O5S/c1-6-23(2)35-33(39)24(3)36(21-25-8-7-9-31(17-25)42-4)32(38)22-37(43(5,40)41)30-12-10-29(11-13-30)34-18-26-14-27(19-34)16-28(15-26)20-34/h7-13,17,23-24,26-28H,6,14-16,18-22H2,1-5H3,(H,35,39)/t23-,24-,26?,27?,28?,34?/m1/s1. The summed E-state index contributed by atoms with van der Waals surface area (Å²) in [6, 6.07) is 14.3. The number of carbonyl (C=O) groups excluding carboxylic acids is 2. The maximum absolute atomic E-state index is 13.9. The molecular weight excluding hydrogens is 562 g/mol. The van der Waals surface area contributed by atoms with Gasteiger partial charge in [-0.05, 0) is 117 Å². The highest BCUT2D eigenvalue weighted by molar-refractivity contribution is 7.92. The van der Waals surface area contributed by atoms with E-state index in [4.69, 9.17) is 4.74 Å². The van der Waals surface area contributed by atoms with Gasteiger partial charge in [-0.2, -0.15) is 0 Å². The minimum atomic E-state index is -3.79. The average Bonchev–Trinajstić information content (AvgIpc) is 2.97. The monoisotopic (exact) mass is 609 g/mol. The predicted octanol–water partition coefficient (Wildman–Crippen LogP) is 5.26. The van der Waals surface area contributed by atoms with Gasteiger partial charge in [0.2, 0.25) is 21.8 Å². The Labute approximate surface area is 257 Å². The van der Waals surface area contributed by atoms with Crippen LogP contribution in [-0.2, 0) is 31.6 Å². The highest BCUT2D eigenvalue weighted by atomic mass is 32.2. The third-order valence-corrected chi connectivity index (χ3v) is 11.3. The van der Waals surface area contributed by atoms with Gasteiger partial charge in [0.15, 0.2) is 0 Å². The van der Waals surface area contributed by atoms with Gasteiger partial charge in [-0.3, -0.25) is 13.9 Å². The van der Waals surface area contributed by atoms with Crippen LogP contribution < -0.4 is 14.4 Å². The van der Waals surface area contributed by atoms with Crippen molar-refractivity contribution in [3.63, 3.8) is 0 Å². The second-order valence-corrected chi connectivity index (χ2v) is 15.3. The summed E-state index contributed by atoms with van der Waals surface area (Å²) in [5, 5.41) is 2.96. The van der Waals surface area contributed by atoms with Crippen molar-refractivity contribution >= 4 is 27.5 Å². The molecule has 4 aliphatic rings. The predicted molar refractivity (Wildman–Crippen MR) is 169 cm³/mol. The molecule has 0 unspecified atom stereocenters. The Morgan fingerprint density at radius 1 is 1.00 bits per heavy atom. The number of hydrogen-bond donors (Lipinski definition) is 1. The zero-order chi connectivity index (χ0) is 30.9. The van der Waals surface area contributed by atoms with Gasteiger partial charge in [0.25, 0.3) is 0 Å². The Bertz CT molecular complexity index is 1390. The molecule has 1 N–H and O–H groups in total. The van der Waals surface area contributed by atoms with E-state index in [1.807, 2.05) is 50.2 Å². The van der Waals surface area contributed by atoms with E-state index in [2.05, 4.69) is 17.4 Å². The molecule has 0 heterocycles. The highest BCUT2D eigenvalue weighted by Gasteiger charge is 2.51. The molecule has 2 atom stereocenters. The van der Waals surface area contributed by atoms with Crippen LogP contribution in [0.2, 0.25) is 0 Å². The lowest BCUT2D eigenvalue weighted by molar-refractivity contribution is -0.139. The average molecular weight is 610 g/mol. The molecule has 2 aromatic rings. The van der Waals surface area contributed by atoms with Crippen LogP contribution in [0, 0.1) is 17.8 Å². The minimum Gasteiger partial charge on any atom is -0.497 e. The Kier molecular flexibility index (Phi) is 9.12. The number of nitrogens with zero attached hydrogens (tertiary/aromatic N) is 2. The van der Waals surface area contributed by atoms with Crippen molar-refractivity contribution in [1.82, 2.24) is 10.2 Å². The summed E-state index contributed by atoms with van der Waals surface area (Å²) in [7, 11) is -2.22. The van der Waals surface area contributed by atoms with Crippen LogP contribution in [0.5, 0.6) is 5.75 Å². The number of rotatable bonds is 12. The van der Waals surface area contributed by atoms with Crippen molar-refractivity contribution < 1.29 is 22.7 Å². The van der Waals surface area contributed by atoms with E-state index in [9.17, 15) is 18.0 Å². The highest BCUT2D eigenvalue weighted by Crippen LogP contribution is 2.60. The van der Waals surface area contributed by atoms with E-state index in [0.29, 0.717) is 11.4 Å². The first-order valence-electron chi connectivity index (χ1n) is 15.7. The molecule has 4 saturated carbocycles. The Balaban J connectivity index is 1.39. The number of hydrogen-bond acceptors (Lipinski definition) is 5. The van der Waals surface area contributed by atoms with E-state index >= 15 is 0 Å². The molecule has 2 amide bonds. The number of amides is 2. The number of benzene rings is 2. The van der Waals surface area contributed by atoms with Gasteiger partial charge < -0.3 is 15.0 Å². The first kappa shape index (κ1) is 31.4. The van der Waals surface area contributed by atoms with E-state index in [1.54, 1.807) is 14.0 Å². The van der Waals surface area contributed by atoms with Crippen LogP contribution in [0.4, 0.5) is 5.69 Å².